The van der Waals surface area contributed by atoms with Crippen LogP contribution in [-0.4, -0.2) is 22.9 Å². The summed E-state index contributed by atoms with van der Waals surface area (Å²) in [4.78, 5) is 26.8. The van der Waals surface area contributed by atoms with E-state index < -0.39 is 6.09 Å². The third kappa shape index (κ3) is 5.00. The lowest BCUT2D eigenvalue weighted by atomic mass is 9.85. The predicted octanol–water partition coefficient (Wildman–Crippen LogP) is 3.47. The van der Waals surface area contributed by atoms with Crippen molar-refractivity contribution in [2.24, 2.45) is 11.7 Å². The van der Waals surface area contributed by atoms with Gasteiger partial charge in [0.1, 0.15) is 6.61 Å². The first-order valence-electron chi connectivity index (χ1n) is 10.7. The molecule has 1 saturated carbocycles. The fourth-order valence-corrected chi connectivity index (χ4v) is 4.29. The molecule has 2 amide bonds. The van der Waals surface area contributed by atoms with E-state index in [2.05, 4.69) is 17.4 Å². The monoisotopic (exact) mass is 407 g/mol. The number of alkyl carbamates (subject to hydrolysis) is 1. The summed E-state index contributed by atoms with van der Waals surface area (Å²) in [6.45, 7) is 1.96. The molecule has 1 aliphatic carbocycles. The molecule has 1 heterocycles. The lowest BCUT2D eigenvalue weighted by Crippen LogP contribution is -2.36. The predicted molar refractivity (Wildman–Crippen MR) is 114 cm³/mol. The van der Waals surface area contributed by atoms with Gasteiger partial charge in [0.05, 0.1) is 0 Å². The summed E-state index contributed by atoms with van der Waals surface area (Å²) in [5, 5.41) is 2.80. The average molecular weight is 408 g/mol. The molecule has 1 fully saturated rings. The summed E-state index contributed by atoms with van der Waals surface area (Å²) in [6.07, 6.45) is 3.23. The van der Waals surface area contributed by atoms with Gasteiger partial charge in [0.25, 0.3) is 0 Å². The van der Waals surface area contributed by atoms with Gasteiger partial charge in [0.15, 0.2) is 0 Å². The van der Waals surface area contributed by atoms with Crippen molar-refractivity contribution in [1.29, 1.82) is 0 Å². The van der Waals surface area contributed by atoms with Gasteiger partial charge in [-0.05, 0) is 47.9 Å². The van der Waals surface area contributed by atoms with Gasteiger partial charge in [0.2, 0.25) is 5.91 Å². The van der Waals surface area contributed by atoms with E-state index in [9.17, 15) is 9.59 Å². The van der Waals surface area contributed by atoms with Gasteiger partial charge in [-0.2, -0.15) is 0 Å². The van der Waals surface area contributed by atoms with Crippen LogP contribution in [0.5, 0.6) is 0 Å². The first-order chi connectivity index (χ1) is 14.6. The second-order valence-corrected chi connectivity index (χ2v) is 8.32. The number of nitrogens with zero attached hydrogens (tertiary/aromatic N) is 1. The first kappa shape index (κ1) is 20.4. The van der Waals surface area contributed by atoms with Crippen LogP contribution in [0.4, 0.5) is 4.79 Å². The maximum atomic E-state index is 12.9. The second kappa shape index (κ2) is 9.30. The fourth-order valence-electron chi connectivity index (χ4n) is 4.29. The highest BCUT2D eigenvalue weighted by atomic mass is 16.5. The van der Waals surface area contributed by atoms with Crippen molar-refractivity contribution in [1.82, 2.24) is 10.2 Å². The molecule has 1 aliphatic heterocycles. The number of carbonyl (C=O) groups is 2. The van der Waals surface area contributed by atoms with E-state index in [1.807, 2.05) is 41.3 Å². The summed E-state index contributed by atoms with van der Waals surface area (Å²) in [7, 11) is 0. The molecular formula is C24H29N3O3. The minimum atomic E-state index is -0.438. The van der Waals surface area contributed by atoms with E-state index in [0.29, 0.717) is 19.6 Å². The average Bonchev–Trinajstić information content (AvgIpc) is 3.20. The van der Waals surface area contributed by atoms with Gasteiger partial charge in [-0.25, -0.2) is 4.79 Å². The standard InChI is InChI=1S/C24H29N3O3/c25-22-10-8-19(9-11-22)23(28)27-14-20-7-6-18(12-21(20)15-27)13-26-24(29)30-16-17-4-2-1-3-5-17/h1-7,12,19,22H,8-11,13-16,25H2,(H,26,29). The molecule has 158 valence electrons. The Hall–Kier alpha value is -2.86. The Bertz CT molecular complexity index is 892. The third-order valence-corrected chi connectivity index (χ3v) is 6.08. The highest BCUT2D eigenvalue weighted by molar-refractivity contribution is 5.79. The molecule has 6 nitrogen and oxygen atoms in total. The Morgan fingerprint density at radius 1 is 0.967 bits per heavy atom. The summed E-state index contributed by atoms with van der Waals surface area (Å²) >= 11 is 0. The van der Waals surface area contributed by atoms with Gasteiger partial charge in [0, 0.05) is 31.6 Å². The van der Waals surface area contributed by atoms with Crippen LogP contribution in [-0.2, 0) is 35.8 Å². The number of ether oxygens (including phenoxy) is 1. The number of nitrogens with two attached hydrogens (primary N) is 1. The number of rotatable bonds is 5. The molecule has 30 heavy (non-hydrogen) atoms. The van der Waals surface area contributed by atoms with E-state index in [-0.39, 0.29) is 24.5 Å². The van der Waals surface area contributed by atoms with Gasteiger partial charge < -0.3 is 20.7 Å². The molecule has 0 spiro atoms. The summed E-state index contributed by atoms with van der Waals surface area (Å²) in [5.41, 5.74) is 10.3. The SMILES string of the molecule is NC1CCC(C(=O)N2Cc3ccc(CNC(=O)OCc4ccccc4)cc3C2)CC1. The molecule has 0 bridgehead atoms. The molecule has 0 saturated heterocycles. The van der Waals surface area contributed by atoms with Crippen LogP contribution in [0.1, 0.15) is 47.9 Å². The number of carbonyl (C=O) groups excluding carboxylic acids is 2. The van der Waals surface area contributed by atoms with Crippen LogP contribution in [0.2, 0.25) is 0 Å². The Labute approximate surface area is 177 Å². The minimum Gasteiger partial charge on any atom is -0.445 e. The van der Waals surface area contributed by atoms with E-state index >= 15 is 0 Å². The van der Waals surface area contributed by atoms with Crippen LogP contribution in [0.15, 0.2) is 48.5 Å². The van der Waals surface area contributed by atoms with Crippen LogP contribution in [0.3, 0.4) is 0 Å². The molecule has 0 aromatic heterocycles. The zero-order valence-corrected chi connectivity index (χ0v) is 17.2. The molecule has 0 radical (unpaired) electrons. The van der Waals surface area contributed by atoms with Gasteiger partial charge in [-0.3, -0.25) is 4.79 Å². The van der Waals surface area contributed by atoms with Gasteiger partial charge in [-0.1, -0.05) is 48.5 Å². The number of nitrogens with one attached hydrogen (secondary N) is 1. The van der Waals surface area contributed by atoms with Crippen molar-refractivity contribution in [3.05, 3.63) is 70.8 Å². The second-order valence-electron chi connectivity index (χ2n) is 8.32. The highest BCUT2D eigenvalue weighted by Gasteiger charge is 2.31. The number of benzene rings is 2. The molecule has 0 unspecified atom stereocenters. The van der Waals surface area contributed by atoms with Crippen LogP contribution >= 0.6 is 0 Å². The van der Waals surface area contributed by atoms with Crippen LogP contribution < -0.4 is 11.1 Å². The Morgan fingerprint density at radius 2 is 1.70 bits per heavy atom. The first-order valence-corrected chi connectivity index (χ1v) is 10.7. The summed E-state index contributed by atoms with van der Waals surface area (Å²) in [6, 6.07) is 16.0. The smallest absolute Gasteiger partial charge is 0.407 e. The number of hydrogen-bond acceptors (Lipinski definition) is 4. The summed E-state index contributed by atoms with van der Waals surface area (Å²) in [5.74, 6) is 0.363. The third-order valence-electron chi connectivity index (χ3n) is 6.08. The maximum Gasteiger partial charge on any atom is 0.407 e. The molecule has 2 aromatic rings. The van der Waals surface area contributed by atoms with E-state index in [1.54, 1.807) is 0 Å². The lowest BCUT2D eigenvalue weighted by Gasteiger charge is -2.28. The minimum absolute atomic E-state index is 0.111. The van der Waals surface area contributed by atoms with Crippen molar-refractivity contribution in [2.45, 2.75) is 58.0 Å². The Morgan fingerprint density at radius 3 is 2.47 bits per heavy atom. The molecule has 2 aliphatic rings. The number of hydrogen-bond donors (Lipinski definition) is 2. The zero-order chi connectivity index (χ0) is 20.9. The quantitative estimate of drug-likeness (QED) is 0.795. The Kier molecular flexibility index (Phi) is 6.33. The highest BCUT2D eigenvalue weighted by Crippen LogP contribution is 2.30. The van der Waals surface area contributed by atoms with Gasteiger partial charge in [-0.15, -0.1) is 0 Å². The van der Waals surface area contributed by atoms with Crippen LogP contribution in [0, 0.1) is 5.92 Å². The van der Waals surface area contributed by atoms with Crippen LogP contribution in [0.25, 0.3) is 0 Å². The fraction of sp³-hybridized carbons (Fsp3) is 0.417. The molecular weight excluding hydrogens is 378 g/mol. The molecule has 3 N–H and O–H groups in total. The normalized spacial score (nSPS) is 20.5. The van der Waals surface area contributed by atoms with E-state index in [1.165, 1.54) is 5.56 Å². The molecule has 0 atom stereocenters. The maximum absolute atomic E-state index is 12.9. The molecule has 4 rings (SSSR count). The van der Waals surface area contributed by atoms with Crippen molar-refractivity contribution >= 4 is 12.0 Å². The number of amides is 2. The van der Waals surface area contributed by atoms with Gasteiger partial charge >= 0.3 is 6.09 Å². The van der Waals surface area contributed by atoms with Crippen molar-refractivity contribution in [3.8, 4) is 0 Å². The van der Waals surface area contributed by atoms with E-state index in [4.69, 9.17) is 10.5 Å². The molecule has 6 heteroatoms. The zero-order valence-electron chi connectivity index (χ0n) is 17.2. The van der Waals surface area contributed by atoms with Crippen molar-refractivity contribution in [3.63, 3.8) is 0 Å². The number of fused-ring (bicyclic) bond motifs is 1. The molecule has 2 aromatic carbocycles. The Balaban J connectivity index is 1.27. The van der Waals surface area contributed by atoms with E-state index in [0.717, 1.165) is 42.4 Å². The lowest BCUT2D eigenvalue weighted by molar-refractivity contribution is -0.137. The van der Waals surface area contributed by atoms with Crippen molar-refractivity contribution in [2.75, 3.05) is 0 Å². The van der Waals surface area contributed by atoms with Crippen molar-refractivity contribution < 1.29 is 14.3 Å². The largest absolute Gasteiger partial charge is 0.445 e. The topological polar surface area (TPSA) is 84.7 Å². The summed E-state index contributed by atoms with van der Waals surface area (Å²) < 4.78 is 5.25.